The predicted octanol–water partition coefficient (Wildman–Crippen LogP) is 3.77. The van der Waals surface area contributed by atoms with Crippen LogP contribution in [0.4, 0.5) is 0 Å². The van der Waals surface area contributed by atoms with Gasteiger partial charge in [0.2, 0.25) is 17.5 Å². The van der Waals surface area contributed by atoms with E-state index in [1.165, 1.54) is 0 Å². The topological polar surface area (TPSA) is 115 Å². The van der Waals surface area contributed by atoms with Crippen LogP contribution in [-0.4, -0.2) is 31.0 Å². The van der Waals surface area contributed by atoms with Crippen molar-refractivity contribution < 1.29 is 18.9 Å². The SMILES string of the molecule is CCOc1c(OC)cc([C@@H]2C(C#N)=C(N)Oc3n[nH]c(-c4cccs4)c32)cc1OC. The third-order valence-electron chi connectivity index (χ3n) is 4.81. The summed E-state index contributed by atoms with van der Waals surface area (Å²) in [6, 6.07) is 9.77. The molecule has 1 atom stereocenters. The number of aromatic nitrogens is 2. The highest BCUT2D eigenvalue weighted by molar-refractivity contribution is 7.13. The molecule has 0 spiro atoms. The number of rotatable bonds is 6. The molecule has 3 heterocycles. The zero-order chi connectivity index (χ0) is 21.3. The van der Waals surface area contributed by atoms with Gasteiger partial charge in [0.05, 0.1) is 42.9 Å². The lowest BCUT2D eigenvalue weighted by molar-refractivity contribution is 0.287. The smallest absolute Gasteiger partial charge is 0.244 e. The minimum atomic E-state index is -0.520. The molecule has 3 N–H and O–H groups in total. The van der Waals surface area contributed by atoms with Crippen LogP contribution in [0.15, 0.2) is 41.1 Å². The summed E-state index contributed by atoms with van der Waals surface area (Å²) < 4.78 is 22.5. The van der Waals surface area contributed by atoms with Crippen LogP contribution in [0.1, 0.15) is 24.0 Å². The molecule has 8 nitrogen and oxygen atoms in total. The fourth-order valence-electron chi connectivity index (χ4n) is 3.54. The van der Waals surface area contributed by atoms with E-state index >= 15 is 0 Å². The number of nitrogens with one attached hydrogen (secondary N) is 1. The second-order valence-electron chi connectivity index (χ2n) is 6.41. The molecule has 0 saturated heterocycles. The number of fused-ring (bicyclic) bond motifs is 1. The van der Waals surface area contributed by atoms with Gasteiger partial charge < -0.3 is 24.7 Å². The van der Waals surface area contributed by atoms with Crippen LogP contribution in [0.3, 0.4) is 0 Å². The largest absolute Gasteiger partial charge is 0.493 e. The van der Waals surface area contributed by atoms with E-state index < -0.39 is 5.92 Å². The summed E-state index contributed by atoms with van der Waals surface area (Å²) in [7, 11) is 3.11. The first kappa shape index (κ1) is 19.7. The Kier molecular flexibility index (Phi) is 5.25. The highest BCUT2D eigenvalue weighted by Gasteiger charge is 2.37. The van der Waals surface area contributed by atoms with E-state index in [0.717, 1.165) is 21.7 Å². The number of ether oxygens (including phenoxy) is 4. The molecule has 1 aliphatic heterocycles. The van der Waals surface area contributed by atoms with Gasteiger partial charge in [-0.25, -0.2) is 0 Å². The summed E-state index contributed by atoms with van der Waals surface area (Å²) in [4.78, 5) is 0.972. The number of thiophene rings is 1. The van der Waals surface area contributed by atoms with Gasteiger partial charge in [-0.2, -0.15) is 5.26 Å². The summed E-state index contributed by atoms with van der Waals surface area (Å²) in [5, 5.41) is 19.2. The monoisotopic (exact) mass is 424 g/mol. The molecular formula is C21H20N4O4S. The molecule has 4 rings (SSSR count). The summed E-state index contributed by atoms with van der Waals surface area (Å²) in [6.07, 6.45) is 0. The molecule has 2 aromatic heterocycles. The molecule has 1 aromatic carbocycles. The Morgan fingerprint density at radius 1 is 1.30 bits per heavy atom. The number of nitriles is 1. The van der Waals surface area contributed by atoms with Gasteiger partial charge in [0, 0.05) is 0 Å². The Morgan fingerprint density at radius 3 is 2.60 bits per heavy atom. The van der Waals surface area contributed by atoms with E-state index in [1.807, 2.05) is 36.6 Å². The third kappa shape index (κ3) is 3.11. The number of aromatic amines is 1. The maximum absolute atomic E-state index is 9.89. The second-order valence-corrected chi connectivity index (χ2v) is 7.35. The summed E-state index contributed by atoms with van der Waals surface area (Å²) in [6.45, 7) is 2.33. The fourth-order valence-corrected chi connectivity index (χ4v) is 4.27. The van der Waals surface area contributed by atoms with Crippen molar-refractivity contribution >= 4 is 11.3 Å². The van der Waals surface area contributed by atoms with Crippen molar-refractivity contribution in [1.29, 1.82) is 5.26 Å². The van der Waals surface area contributed by atoms with Crippen LogP contribution in [0.5, 0.6) is 23.1 Å². The molecule has 0 bridgehead atoms. The van der Waals surface area contributed by atoms with E-state index in [-0.39, 0.29) is 11.5 Å². The van der Waals surface area contributed by atoms with Gasteiger partial charge in [-0.1, -0.05) is 6.07 Å². The Hall–Kier alpha value is -3.64. The number of benzene rings is 1. The highest BCUT2D eigenvalue weighted by Crippen LogP contribution is 2.49. The van der Waals surface area contributed by atoms with Crippen molar-refractivity contribution in [3.63, 3.8) is 0 Å². The van der Waals surface area contributed by atoms with Gasteiger partial charge in [-0.3, -0.25) is 5.10 Å². The Balaban J connectivity index is 1.96. The molecule has 0 aliphatic carbocycles. The molecule has 0 radical (unpaired) electrons. The van der Waals surface area contributed by atoms with Gasteiger partial charge in [-0.05, 0) is 36.1 Å². The number of nitrogens with zero attached hydrogens (tertiary/aromatic N) is 2. The first-order valence-electron chi connectivity index (χ1n) is 9.21. The van der Waals surface area contributed by atoms with Crippen LogP contribution in [-0.2, 0) is 0 Å². The average Bonchev–Trinajstić information content (AvgIpc) is 3.42. The Morgan fingerprint density at radius 2 is 2.03 bits per heavy atom. The summed E-state index contributed by atoms with van der Waals surface area (Å²) >= 11 is 1.56. The van der Waals surface area contributed by atoms with Crippen molar-refractivity contribution in [3.8, 4) is 39.8 Å². The van der Waals surface area contributed by atoms with Crippen LogP contribution < -0.4 is 24.7 Å². The van der Waals surface area contributed by atoms with Crippen molar-refractivity contribution in [1.82, 2.24) is 10.2 Å². The molecular weight excluding hydrogens is 404 g/mol. The minimum Gasteiger partial charge on any atom is -0.493 e. The maximum Gasteiger partial charge on any atom is 0.244 e. The van der Waals surface area contributed by atoms with E-state index in [4.69, 9.17) is 24.7 Å². The zero-order valence-electron chi connectivity index (χ0n) is 16.7. The molecule has 9 heteroatoms. The van der Waals surface area contributed by atoms with Crippen LogP contribution in [0.25, 0.3) is 10.6 Å². The number of hydrogen-bond donors (Lipinski definition) is 2. The van der Waals surface area contributed by atoms with Crippen LogP contribution in [0.2, 0.25) is 0 Å². The fraction of sp³-hybridized carbons (Fsp3) is 0.238. The van der Waals surface area contributed by atoms with Crippen LogP contribution in [0, 0.1) is 11.3 Å². The normalized spacial score (nSPS) is 15.2. The van der Waals surface area contributed by atoms with Crippen molar-refractivity contribution in [3.05, 3.63) is 52.2 Å². The molecule has 0 unspecified atom stereocenters. The van der Waals surface area contributed by atoms with Gasteiger partial charge in [0.1, 0.15) is 11.6 Å². The molecule has 154 valence electrons. The molecule has 0 saturated carbocycles. The summed E-state index contributed by atoms with van der Waals surface area (Å²) in [5.41, 5.74) is 8.62. The van der Waals surface area contributed by atoms with E-state index in [0.29, 0.717) is 29.7 Å². The Bertz CT molecular complexity index is 1120. The molecule has 0 amide bonds. The first-order chi connectivity index (χ1) is 14.6. The zero-order valence-corrected chi connectivity index (χ0v) is 17.5. The standard InChI is InChI=1S/C21H20N4O4S/c1-4-28-19-13(26-2)8-11(9-14(19)27-3)16-12(10-22)20(23)29-21-17(16)18(24-25-21)15-6-5-7-30-15/h5-9,16H,4,23H2,1-3H3,(H,24,25)/t16-/m1/s1. The van der Waals surface area contributed by atoms with Crippen molar-refractivity contribution in [2.75, 3.05) is 20.8 Å². The van der Waals surface area contributed by atoms with Crippen LogP contribution >= 0.6 is 11.3 Å². The van der Waals surface area contributed by atoms with Gasteiger partial charge >= 0.3 is 0 Å². The number of methoxy groups -OCH3 is 2. The third-order valence-corrected chi connectivity index (χ3v) is 5.70. The number of H-pyrrole nitrogens is 1. The van der Waals surface area contributed by atoms with Crippen molar-refractivity contribution in [2.24, 2.45) is 5.73 Å². The van der Waals surface area contributed by atoms with E-state index in [2.05, 4.69) is 16.3 Å². The quantitative estimate of drug-likeness (QED) is 0.619. The van der Waals surface area contributed by atoms with Gasteiger partial charge in [0.25, 0.3) is 0 Å². The number of allylic oxidation sites excluding steroid dienone is 1. The highest BCUT2D eigenvalue weighted by atomic mass is 32.1. The predicted molar refractivity (Wildman–Crippen MR) is 112 cm³/mol. The lowest BCUT2D eigenvalue weighted by atomic mass is 9.83. The lowest BCUT2D eigenvalue weighted by Gasteiger charge is -2.25. The van der Waals surface area contributed by atoms with Crippen molar-refractivity contribution in [2.45, 2.75) is 12.8 Å². The molecule has 1 aliphatic rings. The van der Waals surface area contributed by atoms with Gasteiger partial charge in [0.15, 0.2) is 11.5 Å². The molecule has 30 heavy (non-hydrogen) atoms. The first-order valence-corrected chi connectivity index (χ1v) is 10.1. The number of nitrogens with two attached hydrogens (primary N) is 1. The van der Waals surface area contributed by atoms with E-state index in [1.54, 1.807) is 25.6 Å². The second kappa shape index (κ2) is 8.00. The number of hydrogen-bond acceptors (Lipinski definition) is 8. The average molecular weight is 424 g/mol. The molecule has 3 aromatic rings. The molecule has 0 fully saturated rings. The Labute approximate surface area is 177 Å². The minimum absolute atomic E-state index is 0.0195. The summed E-state index contributed by atoms with van der Waals surface area (Å²) in [5.74, 6) is 1.33. The lowest BCUT2D eigenvalue weighted by Crippen LogP contribution is -2.21. The van der Waals surface area contributed by atoms with E-state index in [9.17, 15) is 5.26 Å². The van der Waals surface area contributed by atoms with Gasteiger partial charge in [-0.15, -0.1) is 16.4 Å². The maximum atomic E-state index is 9.89.